The minimum Gasteiger partial charge on any atom is -0.499 e. The normalized spacial score (nSPS) is 13.5. The zero-order chi connectivity index (χ0) is 25.6. The lowest BCUT2D eigenvalue weighted by Gasteiger charge is -2.14. The average Bonchev–Trinajstić information content (AvgIpc) is 2.91. The largest absolute Gasteiger partial charge is 0.499 e. The van der Waals surface area contributed by atoms with Crippen molar-refractivity contribution in [1.29, 1.82) is 0 Å². The van der Waals surface area contributed by atoms with Crippen LogP contribution < -0.4 is 0 Å². The second-order valence-electron chi connectivity index (χ2n) is 7.70. The van der Waals surface area contributed by atoms with Gasteiger partial charge in [-0.05, 0) is 25.3 Å². The van der Waals surface area contributed by atoms with Crippen LogP contribution in [0.2, 0.25) is 0 Å². The highest BCUT2D eigenvalue weighted by atomic mass is 16.6. The molecule has 0 amide bonds. The van der Waals surface area contributed by atoms with Crippen molar-refractivity contribution in [2.75, 3.05) is 119 Å². The lowest BCUT2D eigenvalue weighted by Crippen LogP contribution is -2.15. The minimum absolute atomic E-state index is 0.508. The smallest absolute Gasteiger partial charge is 0.111 e. The highest BCUT2D eigenvalue weighted by molar-refractivity contribution is 4.96. The molecule has 212 valence electrons. The molecular formula is C26H48O10. The number of ether oxygens (including phenoxy) is 10. The Morgan fingerprint density at radius 1 is 0.500 bits per heavy atom. The molecule has 0 aliphatic heterocycles. The summed E-state index contributed by atoms with van der Waals surface area (Å²) in [5.41, 5.74) is 0. The molecule has 0 unspecified atom stereocenters. The van der Waals surface area contributed by atoms with Crippen LogP contribution >= 0.6 is 0 Å². The van der Waals surface area contributed by atoms with Crippen LogP contribution in [-0.4, -0.2) is 119 Å². The SMILES string of the molecule is C=COCCOCCOCCOCCOCCOCCOCCOCCOCCOC1=CCCCC1. The molecule has 36 heavy (non-hydrogen) atoms. The predicted molar refractivity (Wildman–Crippen MR) is 135 cm³/mol. The third-order valence-corrected chi connectivity index (χ3v) is 4.83. The maximum Gasteiger partial charge on any atom is 0.111 e. The van der Waals surface area contributed by atoms with Crippen molar-refractivity contribution in [3.8, 4) is 0 Å². The second-order valence-corrected chi connectivity index (χ2v) is 7.70. The van der Waals surface area contributed by atoms with Gasteiger partial charge in [-0.15, -0.1) is 0 Å². The maximum absolute atomic E-state index is 5.68. The van der Waals surface area contributed by atoms with E-state index in [1.54, 1.807) is 0 Å². The number of allylic oxidation sites excluding steroid dienone is 2. The fraction of sp³-hybridized carbons (Fsp3) is 0.846. The standard InChI is InChI=1S/C26H48O10/c1-2-27-8-9-28-10-11-29-12-13-30-14-15-31-16-17-32-18-19-33-20-21-34-22-23-35-24-25-36-26-6-4-3-5-7-26/h2,6H,1,3-5,7-25H2. The van der Waals surface area contributed by atoms with Crippen molar-refractivity contribution < 1.29 is 47.4 Å². The first-order chi connectivity index (χ1) is 17.9. The van der Waals surface area contributed by atoms with Gasteiger partial charge in [0.05, 0.1) is 118 Å². The predicted octanol–water partition coefficient (Wildman–Crippen LogP) is 2.75. The van der Waals surface area contributed by atoms with Gasteiger partial charge < -0.3 is 47.4 Å². The molecule has 0 heterocycles. The minimum atomic E-state index is 0.508. The van der Waals surface area contributed by atoms with Gasteiger partial charge in [0, 0.05) is 6.42 Å². The van der Waals surface area contributed by atoms with E-state index in [9.17, 15) is 0 Å². The number of hydrogen-bond acceptors (Lipinski definition) is 10. The van der Waals surface area contributed by atoms with Crippen LogP contribution in [0.1, 0.15) is 25.7 Å². The van der Waals surface area contributed by atoms with E-state index >= 15 is 0 Å². The monoisotopic (exact) mass is 520 g/mol. The second kappa shape index (κ2) is 28.3. The molecule has 10 nitrogen and oxygen atoms in total. The Bertz CT molecular complexity index is 489. The molecule has 0 saturated heterocycles. The van der Waals surface area contributed by atoms with Gasteiger partial charge >= 0.3 is 0 Å². The molecule has 0 N–H and O–H groups in total. The fourth-order valence-corrected chi connectivity index (χ4v) is 3.00. The summed E-state index contributed by atoms with van der Waals surface area (Å²) in [5.74, 6) is 1.11. The van der Waals surface area contributed by atoms with Crippen molar-refractivity contribution in [3.63, 3.8) is 0 Å². The Morgan fingerprint density at radius 2 is 0.861 bits per heavy atom. The van der Waals surface area contributed by atoms with Crippen molar-refractivity contribution >= 4 is 0 Å². The molecule has 0 fully saturated rings. The van der Waals surface area contributed by atoms with Gasteiger partial charge in [-0.25, -0.2) is 0 Å². The summed E-state index contributed by atoms with van der Waals surface area (Å²) >= 11 is 0. The molecule has 1 rings (SSSR count). The molecule has 0 spiro atoms. The summed E-state index contributed by atoms with van der Waals surface area (Å²) in [6.07, 6.45) is 8.27. The Labute approximate surface area is 217 Å². The van der Waals surface area contributed by atoms with Gasteiger partial charge in [0.15, 0.2) is 0 Å². The van der Waals surface area contributed by atoms with Crippen LogP contribution in [0.15, 0.2) is 24.7 Å². The Kier molecular flexibility index (Phi) is 25.8. The quantitative estimate of drug-likeness (QED) is 0.108. The first-order valence-corrected chi connectivity index (χ1v) is 13.1. The summed E-state index contributed by atoms with van der Waals surface area (Å²) in [4.78, 5) is 0. The van der Waals surface area contributed by atoms with Crippen LogP contribution in [0.4, 0.5) is 0 Å². The maximum atomic E-state index is 5.68. The zero-order valence-corrected chi connectivity index (χ0v) is 22.0. The molecule has 0 aromatic heterocycles. The third-order valence-electron chi connectivity index (χ3n) is 4.83. The van der Waals surface area contributed by atoms with E-state index in [4.69, 9.17) is 47.4 Å². The molecule has 1 aliphatic rings. The van der Waals surface area contributed by atoms with Crippen molar-refractivity contribution in [2.24, 2.45) is 0 Å². The molecule has 0 bridgehead atoms. The van der Waals surface area contributed by atoms with Crippen LogP contribution in [0.5, 0.6) is 0 Å². The molecule has 0 aromatic rings. The molecule has 0 aromatic carbocycles. The Morgan fingerprint density at radius 3 is 1.19 bits per heavy atom. The Balaban J connectivity index is 1.62. The highest BCUT2D eigenvalue weighted by Crippen LogP contribution is 2.17. The van der Waals surface area contributed by atoms with Gasteiger partial charge in [-0.3, -0.25) is 0 Å². The molecule has 1 aliphatic carbocycles. The molecular weight excluding hydrogens is 472 g/mol. The van der Waals surface area contributed by atoms with Crippen molar-refractivity contribution in [1.82, 2.24) is 0 Å². The van der Waals surface area contributed by atoms with Crippen molar-refractivity contribution in [2.45, 2.75) is 25.7 Å². The van der Waals surface area contributed by atoms with E-state index in [2.05, 4.69) is 12.7 Å². The molecule has 0 atom stereocenters. The zero-order valence-electron chi connectivity index (χ0n) is 22.0. The van der Waals surface area contributed by atoms with Gasteiger partial charge in [0.1, 0.15) is 13.2 Å². The van der Waals surface area contributed by atoms with E-state index in [-0.39, 0.29) is 0 Å². The van der Waals surface area contributed by atoms with E-state index in [1.165, 1.54) is 19.1 Å². The molecule has 0 radical (unpaired) electrons. The van der Waals surface area contributed by atoms with E-state index in [0.717, 1.165) is 18.6 Å². The van der Waals surface area contributed by atoms with Gasteiger partial charge in [-0.1, -0.05) is 6.58 Å². The summed E-state index contributed by atoms with van der Waals surface area (Å²) in [5, 5.41) is 0. The fourth-order valence-electron chi connectivity index (χ4n) is 3.00. The molecule has 0 saturated carbocycles. The number of rotatable bonds is 29. The average molecular weight is 521 g/mol. The third kappa shape index (κ3) is 24.5. The van der Waals surface area contributed by atoms with Gasteiger partial charge in [0.25, 0.3) is 0 Å². The molecule has 10 heteroatoms. The topological polar surface area (TPSA) is 92.3 Å². The van der Waals surface area contributed by atoms with Crippen LogP contribution in [-0.2, 0) is 47.4 Å². The van der Waals surface area contributed by atoms with Gasteiger partial charge in [0.2, 0.25) is 0 Å². The lowest BCUT2D eigenvalue weighted by molar-refractivity contribution is -0.0249. The van der Waals surface area contributed by atoms with Crippen molar-refractivity contribution in [3.05, 3.63) is 24.7 Å². The summed E-state index contributed by atoms with van der Waals surface area (Å²) in [7, 11) is 0. The van der Waals surface area contributed by atoms with E-state index < -0.39 is 0 Å². The van der Waals surface area contributed by atoms with Crippen LogP contribution in [0, 0.1) is 0 Å². The van der Waals surface area contributed by atoms with E-state index in [0.29, 0.717) is 119 Å². The summed E-state index contributed by atoms with van der Waals surface area (Å²) < 4.78 is 54.1. The van der Waals surface area contributed by atoms with Gasteiger partial charge in [-0.2, -0.15) is 0 Å². The van der Waals surface area contributed by atoms with Crippen LogP contribution in [0.3, 0.4) is 0 Å². The highest BCUT2D eigenvalue weighted by Gasteiger charge is 2.03. The first-order valence-electron chi connectivity index (χ1n) is 13.1. The summed E-state index contributed by atoms with van der Waals surface area (Å²) in [6, 6.07) is 0. The number of hydrogen-bond donors (Lipinski definition) is 0. The Hall–Kier alpha value is -1.24. The lowest BCUT2D eigenvalue weighted by atomic mass is 10.1. The summed E-state index contributed by atoms with van der Waals surface area (Å²) in [6.45, 7) is 13.2. The first kappa shape index (κ1) is 32.8. The van der Waals surface area contributed by atoms with E-state index in [1.807, 2.05) is 0 Å². The van der Waals surface area contributed by atoms with Crippen LogP contribution in [0.25, 0.3) is 0 Å².